The van der Waals surface area contributed by atoms with Gasteiger partial charge in [-0.25, -0.2) is 4.79 Å². The van der Waals surface area contributed by atoms with E-state index >= 15 is 0 Å². The van der Waals surface area contributed by atoms with Gasteiger partial charge in [-0.15, -0.1) is 0 Å². The number of amides is 2. The number of benzene rings is 4. The third kappa shape index (κ3) is 6.27. The summed E-state index contributed by atoms with van der Waals surface area (Å²) in [4.78, 5) is 40.5. The normalized spacial score (nSPS) is 14.3. The van der Waals surface area contributed by atoms with Gasteiger partial charge in [0.1, 0.15) is 5.57 Å². The number of carbonyl (C=O) groups is 3. The van der Waals surface area contributed by atoms with Crippen LogP contribution in [0.25, 0.3) is 34.3 Å². The summed E-state index contributed by atoms with van der Waals surface area (Å²) < 4.78 is 47.7. The van der Waals surface area contributed by atoms with Gasteiger partial charge in [-0.05, 0) is 84.9 Å². The van der Waals surface area contributed by atoms with E-state index in [-0.39, 0.29) is 23.0 Å². The van der Waals surface area contributed by atoms with E-state index < -0.39 is 29.5 Å². The van der Waals surface area contributed by atoms with Crippen LogP contribution >= 0.6 is 12.2 Å². The minimum atomic E-state index is -4.66. The fourth-order valence-corrected chi connectivity index (χ4v) is 5.73. The molecule has 2 amide bonds. The first-order valence-corrected chi connectivity index (χ1v) is 15.2. The number of carbonyl (C=O) groups excluding carboxylic acids is 3. The van der Waals surface area contributed by atoms with Crippen molar-refractivity contribution in [2.45, 2.75) is 13.1 Å². The van der Waals surface area contributed by atoms with Gasteiger partial charge in [0.25, 0.3) is 11.8 Å². The van der Waals surface area contributed by atoms with Crippen molar-refractivity contribution in [3.05, 3.63) is 138 Å². The standard InChI is InChI=1S/C37H26F3N3O4S/c1-2-47-35(46)25-16-18-28(19-17-25)42-31(23-10-5-3-6-11-23)21-26(32(42)24-12-7-4-8-13-24)20-30-33(44)41-36(48)43(34(30)45)29-15-9-14-27(22-29)37(38,39)40/h3-22H,2H2,1H3,(H,41,44,48)/b30-20-. The van der Waals surface area contributed by atoms with E-state index in [0.717, 1.165) is 28.2 Å². The molecule has 7 nitrogen and oxygen atoms in total. The van der Waals surface area contributed by atoms with Gasteiger partial charge in [-0.2, -0.15) is 13.2 Å². The molecule has 0 bridgehead atoms. The molecule has 0 radical (unpaired) electrons. The molecular weight excluding hydrogens is 639 g/mol. The summed E-state index contributed by atoms with van der Waals surface area (Å²) in [6.07, 6.45) is -3.24. The van der Waals surface area contributed by atoms with Gasteiger partial charge in [0.15, 0.2) is 5.11 Å². The van der Waals surface area contributed by atoms with Crippen LogP contribution in [0.3, 0.4) is 0 Å². The molecule has 5 aromatic rings. The van der Waals surface area contributed by atoms with Crippen molar-refractivity contribution in [3.63, 3.8) is 0 Å². The highest BCUT2D eigenvalue weighted by molar-refractivity contribution is 7.80. The summed E-state index contributed by atoms with van der Waals surface area (Å²) in [5.41, 5.74) is 2.97. The molecule has 1 aliphatic heterocycles. The third-order valence-corrected chi connectivity index (χ3v) is 7.90. The molecule has 0 spiro atoms. The molecule has 1 N–H and O–H groups in total. The number of hydrogen-bond donors (Lipinski definition) is 1. The Labute approximate surface area is 278 Å². The lowest BCUT2D eigenvalue weighted by atomic mass is 10.0. The van der Waals surface area contributed by atoms with Crippen LogP contribution in [0.1, 0.15) is 28.4 Å². The summed E-state index contributed by atoms with van der Waals surface area (Å²) in [7, 11) is 0. The van der Waals surface area contributed by atoms with Gasteiger partial charge in [-0.3, -0.25) is 19.8 Å². The Morgan fingerprint density at radius 1 is 0.833 bits per heavy atom. The molecule has 0 saturated carbocycles. The maximum absolute atomic E-state index is 13.9. The average molecular weight is 666 g/mol. The number of aromatic nitrogens is 1. The summed E-state index contributed by atoms with van der Waals surface area (Å²) in [6.45, 7) is 1.96. The Kier molecular flexibility index (Phi) is 8.79. The SMILES string of the molecule is CCOC(=O)c1ccc(-n2c(-c3ccccc3)cc(/C=C3/C(=O)NC(=S)N(c4cccc(C(F)(F)F)c4)C3=O)c2-c2ccccc2)cc1. The fraction of sp³-hybridized carbons (Fsp3) is 0.0811. The molecule has 6 rings (SSSR count). The molecule has 1 fully saturated rings. The van der Waals surface area contributed by atoms with Crippen molar-refractivity contribution < 1.29 is 32.3 Å². The van der Waals surface area contributed by atoms with Crippen molar-refractivity contribution in [1.82, 2.24) is 9.88 Å². The second kappa shape index (κ2) is 13.1. The van der Waals surface area contributed by atoms with E-state index in [9.17, 15) is 27.6 Å². The molecule has 2 heterocycles. The van der Waals surface area contributed by atoms with Crippen molar-refractivity contribution >= 4 is 46.9 Å². The van der Waals surface area contributed by atoms with Crippen LogP contribution < -0.4 is 10.2 Å². The number of nitrogens with one attached hydrogen (secondary N) is 1. The second-order valence-electron chi connectivity index (χ2n) is 10.7. The average Bonchev–Trinajstić information content (AvgIpc) is 3.46. The predicted molar refractivity (Wildman–Crippen MR) is 180 cm³/mol. The molecule has 48 heavy (non-hydrogen) atoms. The smallest absolute Gasteiger partial charge is 0.416 e. The number of rotatable bonds is 7. The van der Waals surface area contributed by atoms with Gasteiger partial charge < -0.3 is 9.30 Å². The van der Waals surface area contributed by atoms with Gasteiger partial charge in [-0.1, -0.05) is 66.7 Å². The zero-order valence-electron chi connectivity index (χ0n) is 25.3. The molecule has 0 unspecified atom stereocenters. The highest BCUT2D eigenvalue weighted by Crippen LogP contribution is 2.38. The minimum Gasteiger partial charge on any atom is -0.462 e. The van der Waals surface area contributed by atoms with Crippen molar-refractivity contribution in [1.29, 1.82) is 0 Å². The number of anilines is 1. The first-order valence-electron chi connectivity index (χ1n) is 14.8. The Morgan fingerprint density at radius 3 is 2.10 bits per heavy atom. The van der Waals surface area contributed by atoms with Crippen molar-refractivity contribution in [2.75, 3.05) is 11.5 Å². The van der Waals surface area contributed by atoms with E-state index in [2.05, 4.69) is 5.32 Å². The zero-order valence-corrected chi connectivity index (χ0v) is 26.1. The van der Waals surface area contributed by atoms with Crippen LogP contribution in [0.15, 0.2) is 121 Å². The molecule has 4 aromatic carbocycles. The summed E-state index contributed by atoms with van der Waals surface area (Å²) in [6, 6.07) is 31.6. The number of esters is 1. The topological polar surface area (TPSA) is 80.6 Å². The monoisotopic (exact) mass is 665 g/mol. The van der Waals surface area contributed by atoms with E-state index in [0.29, 0.717) is 28.2 Å². The first kappa shape index (κ1) is 32.1. The maximum Gasteiger partial charge on any atom is 0.416 e. The van der Waals surface area contributed by atoms with Crippen LogP contribution in [0.4, 0.5) is 18.9 Å². The number of hydrogen-bond acceptors (Lipinski definition) is 5. The summed E-state index contributed by atoms with van der Waals surface area (Å²) in [5, 5.41) is 2.12. The third-order valence-electron chi connectivity index (χ3n) is 7.62. The summed E-state index contributed by atoms with van der Waals surface area (Å²) in [5.74, 6) is -2.13. The molecular formula is C37H26F3N3O4S. The van der Waals surface area contributed by atoms with Crippen LogP contribution in [-0.2, 0) is 20.5 Å². The van der Waals surface area contributed by atoms with Gasteiger partial charge in [0.2, 0.25) is 0 Å². The Hall–Kier alpha value is -5.81. The Balaban J connectivity index is 1.55. The van der Waals surface area contributed by atoms with E-state index in [4.69, 9.17) is 17.0 Å². The molecule has 240 valence electrons. The molecule has 1 aromatic heterocycles. The van der Waals surface area contributed by atoms with Crippen LogP contribution in [-0.4, -0.2) is 34.1 Å². The number of nitrogens with zero attached hydrogens (tertiary/aromatic N) is 2. The van der Waals surface area contributed by atoms with E-state index in [1.165, 1.54) is 18.2 Å². The highest BCUT2D eigenvalue weighted by Gasteiger charge is 2.37. The highest BCUT2D eigenvalue weighted by atomic mass is 32.1. The Morgan fingerprint density at radius 2 is 1.48 bits per heavy atom. The van der Waals surface area contributed by atoms with Crippen LogP contribution in [0.2, 0.25) is 0 Å². The van der Waals surface area contributed by atoms with Crippen LogP contribution in [0, 0.1) is 0 Å². The number of thiocarbonyl (C=S) groups is 1. The molecule has 11 heteroatoms. The van der Waals surface area contributed by atoms with Gasteiger partial charge >= 0.3 is 12.1 Å². The number of halogens is 3. The predicted octanol–water partition coefficient (Wildman–Crippen LogP) is 7.84. The molecule has 1 saturated heterocycles. The second-order valence-corrected chi connectivity index (χ2v) is 11.1. The number of ether oxygens (including phenoxy) is 1. The lowest BCUT2D eigenvalue weighted by Crippen LogP contribution is -2.54. The largest absolute Gasteiger partial charge is 0.462 e. The lowest BCUT2D eigenvalue weighted by molar-refractivity contribution is -0.137. The Bertz CT molecular complexity index is 2070. The van der Waals surface area contributed by atoms with Gasteiger partial charge in [0, 0.05) is 11.3 Å². The maximum atomic E-state index is 13.9. The molecule has 0 aliphatic carbocycles. The molecule has 1 aliphatic rings. The lowest BCUT2D eigenvalue weighted by Gasteiger charge is -2.29. The van der Waals surface area contributed by atoms with Crippen LogP contribution in [0.5, 0.6) is 0 Å². The zero-order chi connectivity index (χ0) is 34.0. The summed E-state index contributed by atoms with van der Waals surface area (Å²) >= 11 is 5.25. The van der Waals surface area contributed by atoms with Crippen molar-refractivity contribution in [2.24, 2.45) is 0 Å². The number of alkyl halides is 3. The minimum absolute atomic E-state index is 0.141. The molecule has 0 atom stereocenters. The fourth-order valence-electron chi connectivity index (χ4n) is 5.45. The first-order chi connectivity index (χ1) is 23.1. The van der Waals surface area contributed by atoms with E-state index in [1.54, 1.807) is 31.2 Å². The van der Waals surface area contributed by atoms with Gasteiger partial charge in [0.05, 0.1) is 34.8 Å². The van der Waals surface area contributed by atoms with E-state index in [1.807, 2.05) is 71.3 Å². The quantitative estimate of drug-likeness (QED) is 0.0830. The van der Waals surface area contributed by atoms with Crippen molar-refractivity contribution in [3.8, 4) is 28.2 Å².